The molecule has 0 N–H and O–H groups in total. The van der Waals surface area contributed by atoms with Gasteiger partial charge in [-0.15, -0.1) is 0 Å². The fraction of sp³-hybridized carbons (Fsp3) is 0.462. The van der Waals surface area contributed by atoms with Crippen LogP contribution in [0.15, 0.2) is 18.5 Å². The quantitative estimate of drug-likeness (QED) is 0.730. The molecule has 0 aliphatic carbocycles. The van der Waals surface area contributed by atoms with Crippen LogP contribution in [0, 0.1) is 19.8 Å². The van der Waals surface area contributed by atoms with E-state index in [-0.39, 0.29) is 0 Å². The first-order valence-electron chi connectivity index (χ1n) is 5.50. The molecule has 0 aliphatic rings. The van der Waals surface area contributed by atoms with E-state index >= 15 is 0 Å². The Morgan fingerprint density at radius 1 is 1.33 bits per heavy atom. The molecule has 2 nitrogen and oxygen atoms in total. The number of rotatable bonds is 2. The molecule has 0 aromatic carbocycles. The summed E-state index contributed by atoms with van der Waals surface area (Å²) in [6.07, 6.45) is 3.84. The highest BCUT2D eigenvalue weighted by Gasteiger charge is 2.10. The minimum atomic E-state index is 0.666. The van der Waals surface area contributed by atoms with Gasteiger partial charge in [0.1, 0.15) is 0 Å². The highest BCUT2D eigenvalue weighted by molar-refractivity contribution is 5.84. The average molecular weight is 202 g/mol. The van der Waals surface area contributed by atoms with E-state index in [0.29, 0.717) is 5.92 Å². The third-order valence-corrected chi connectivity index (χ3v) is 2.99. The van der Waals surface area contributed by atoms with Gasteiger partial charge in [-0.3, -0.25) is 4.98 Å². The van der Waals surface area contributed by atoms with Crippen LogP contribution in [0.1, 0.15) is 25.1 Å². The first-order chi connectivity index (χ1) is 7.11. The number of nitrogens with zero attached hydrogens (tertiary/aromatic N) is 2. The zero-order chi connectivity index (χ0) is 11.0. The van der Waals surface area contributed by atoms with Gasteiger partial charge in [0.25, 0.3) is 0 Å². The summed E-state index contributed by atoms with van der Waals surface area (Å²) in [6, 6.07) is 2.11. The highest BCUT2D eigenvalue weighted by Crippen LogP contribution is 2.24. The lowest BCUT2D eigenvalue weighted by molar-refractivity contribution is 0.527. The maximum atomic E-state index is 4.21. The fourth-order valence-electron chi connectivity index (χ4n) is 2.10. The lowest BCUT2D eigenvalue weighted by Crippen LogP contribution is -2.05. The Bertz CT molecular complexity index is 480. The van der Waals surface area contributed by atoms with Crippen molar-refractivity contribution >= 4 is 10.9 Å². The third-order valence-electron chi connectivity index (χ3n) is 2.99. The topological polar surface area (TPSA) is 17.8 Å². The normalized spacial score (nSPS) is 11.5. The summed E-state index contributed by atoms with van der Waals surface area (Å²) in [5.74, 6) is 0.666. The average Bonchev–Trinajstić information content (AvgIpc) is 2.44. The van der Waals surface area contributed by atoms with E-state index in [2.05, 4.69) is 43.3 Å². The second-order valence-corrected chi connectivity index (χ2v) is 4.61. The highest BCUT2D eigenvalue weighted by atomic mass is 15.0. The van der Waals surface area contributed by atoms with Crippen LogP contribution in [0.4, 0.5) is 0 Å². The number of aromatic nitrogens is 2. The number of hydrogen-bond acceptors (Lipinski definition) is 1. The third kappa shape index (κ3) is 1.65. The van der Waals surface area contributed by atoms with E-state index < -0.39 is 0 Å². The van der Waals surface area contributed by atoms with E-state index in [9.17, 15) is 0 Å². The number of aryl methyl sites for hydroxylation is 1. The molecule has 15 heavy (non-hydrogen) atoms. The van der Waals surface area contributed by atoms with Gasteiger partial charge in [0.15, 0.2) is 0 Å². The monoisotopic (exact) mass is 202 g/mol. The molecular weight excluding hydrogens is 184 g/mol. The molecule has 0 unspecified atom stereocenters. The summed E-state index contributed by atoms with van der Waals surface area (Å²) in [5, 5.41) is 1.34. The van der Waals surface area contributed by atoms with E-state index in [1.165, 1.54) is 22.2 Å². The lowest BCUT2D eigenvalue weighted by atomic mass is 10.2. The molecule has 2 aromatic heterocycles. The van der Waals surface area contributed by atoms with E-state index in [1.807, 2.05) is 12.4 Å². The van der Waals surface area contributed by atoms with Gasteiger partial charge in [-0.05, 0) is 31.4 Å². The maximum absolute atomic E-state index is 4.21. The fourth-order valence-corrected chi connectivity index (χ4v) is 2.10. The van der Waals surface area contributed by atoms with Crippen molar-refractivity contribution in [1.29, 1.82) is 0 Å². The summed E-state index contributed by atoms with van der Waals surface area (Å²) >= 11 is 0. The van der Waals surface area contributed by atoms with Crippen LogP contribution in [0.3, 0.4) is 0 Å². The van der Waals surface area contributed by atoms with Gasteiger partial charge in [0, 0.05) is 23.8 Å². The summed E-state index contributed by atoms with van der Waals surface area (Å²) in [5.41, 5.74) is 4.01. The van der Waals surface area contributed by atoms with Crippen LogP contribution >= 0.6 is 0 Å². The Hall–Kier alpha value is -1.31. The predicted molar refractivity (Wildman–Crippen MR) is 64.0 cm³/mol. The molecule has 2 heterocycles. The second kappa shape index (κ2) is 3.69. The van der Waals surface area contributed by atoms with Crippen LogP contribution in [0.2, 0.25) is 0 Å². The Morgan fingerprint density at radius 2 is 2.07 bits per heavy atom. The summed E-state index contributed by atoms with van der Waals surface area (Å²) < 4.78 is 2.38. The lowest BCUT2D eigenvalue weighted by Gasteiger charge is -2.10. The first kappa shape index (κ1) is 10.2. The standard InChI is InChI=1S/C13H18N2/c1-9(2)8-15-11(4)10(3)12-5-6-14-7-13(12)15/h5-7,9H,8H2,1-4H3. The van der Waals surface area contributed by atoms with Gasteiger partial charge in [-0.1, -0.05) is 13.8 Å². The molecular formula is C13H18N2. The molecule has 0 saturated carbocycles. The van der Waals surface area contributed by atoms with E-state index in [0.717, 1.165) is 6.54 Å². The molecule has 0 saturated heterocycles. The largest absolute Gasteiger partial charge is 0.343 e. The van der Waals surface area contributed by atoms with Gasteiger partial charge >= 0.3 is 0 Å². The van der Waals surface area contributed by atoms with Crippen molar-refractivity contribution in [2.24, 2.45) is 5.92 Å². The minimum Gasteiger partial charge on any atom is -0.343 e. The maximum Gasteiger partial charge on any atom is 0.0671 e. The molecule has 0 atom stereocenters. The zero-order valence-electron chi connectivity index (χ0n) is 9.91. The SMILES string of the molecule is Cc1c(C)n(CC(C)C)c2cnccc12. The number of pyridine rings is 1. The molecule has 0 bridgehead atoms. The molecule has 0 spiro atoms. The summed E-state index contributed by atoms with van der Waals surface area (Å²) in [7, 11) is 0. The minimum absolute atomic E-state index is 0.666. The van der Waals surface area contributed by atoms with Crippen molar-refractivity contribution in [3.05, 3.63) is 29.7 Å². The predicted octanol–water partition coefficient (Wildman–Crippen LogP) is 3.31. The Labute approximate surface area is 90.9 Å². The molecule has 0 fully saturated rings. The van der Waals surface area contributed by atoms with E-state index in [4.69, 9.17) is 0 Å². The molecule has 0 amide bonds. The smallest absolute Gasteiger partial charge is 0.0671 e. The van der Waals surface area contributed by atoms with Crippen LogP contribution < -0.4 is 0 Å². The summed E-state index contributed by atoms with van der Waals surface area (Å²) in [6.45, 7) is 9.95. The second-order valence-electron chi connectivity index (χ2n) is 4.61. The van der Waals surface area contributed by atoms with Crippen molar-refractivity contribution in [3.63, 3.8) is 0 Å². The first-order valence-corrected chi connectivity index (χ1v) is 5.50. The Balaban J connectivity index is 2.66. The van der Waals surface area contributed by atoms with Crippen LogP contribution in [0.25, 0.3) is 10.9 Å². The van der Waals surface area contributed by atoms with Gasteiger partial charge < -0.3 is 4.57 Å². The number of fused-ring (bicyclic) bond motifs is 1. The van der Waals surface area contributed by atoms with Crippen molar-refractivity contribution in [1.82, 2.24) is 9.55 Å². The number of hydrogen-bond donors (Lipinski definition) is 0. The van der Waals surface area contributed by atoms with Crippen LogP contribution in [-0.4, -0.2) is 9.55 Å². The molecule has 2 aromatic rings. The molecule has 2 rings (SSSR count). The van der Waals surface area contributed by atoms with Crippen molar-refractivity contribution in [2.45, 2.75) is 34.2 Å². The van der Waals surface area contributed by atoms with Crippen molar-refractivity contribution < 1.29 is 0 Å². The van der Waals surface area contributed by atoms with Crippen LogP contribution in [-0.2, 0) is 6.54 Å². The summed E-state index contributed by atoms with van der Waals surface area (Å²) in [4.78, 5) is 4.21. The van der Waals surface area contributed by atoms with Crippen molar-refractivity contribution in [3.8, 4) is 0 Å². The zero-order valence-corrected chi connectivity index (χ0v) is 9.91. The van der Waals surface area contributed by atoms with Gasteiger partial charge in [-0.25, -0.2) is 0 Å². The van der Waals surface area contributed by atoms with Gasteiger partial charge in [0.05, 0.1) is 11.7 Å². The van der Waals surface area contributed by atoms with Gasteiger partial charge in [0.2, 0.25) is 0 Å². The van der Waals surface area contributed by atoms with Crippen molar-refractivity contribution in [2.75, 3.05) is 0 Å². The molecule has 0 aliphatic heterocycles. The van der Waals surface area contributed by atoms with Crippen LogP contribution in [0.5, 0.6) is 0 Å². The Morgan fingerprint density at radius 3 is 2.73 bits per heavy atom. The van der Waals surface area contributed by atoms with E-state index in [1.54, 1.807) is 0 Å². The Kier molecular flexibility index (Phi) is 2.51. The molecule has 2 heteroatoms. The van der Waals surface area contributed by atoms with Gasteiger partial charge in [-0.2, -0.15) is 0 Å². The molecule has 80 valence electrons. The molecule has 0 radical (unpaired) electrons.